The van der Waals surface area contributed by atoms with Crippen LogP contribution < -0.4 is 5.73 Å². The molecule has 2 heterocycles. The molecule has 0 spiro atoms. The SMILES string of the molecule is CC(N)C1CCN(C(=O)c2nccc3ccccc23)CC1. The minimum Gasteiger partial charge on any atom is -0.337 e. The largest absolute Gasteiger partial charge is 0.337 e. The second-order valence-electron chi connectivity index (χ2n) is 5.87. The first-order valence-corrected chi connectivity index (χ1v) is 7.55. The van der Waals surface area contributed by atoms with Gasteiger partial charge in [-0.1, -0.05) is 24.3 Å². The lowest BCUT2D eigenvalue weighted by atomic mass is 9.91. The smallest absolute Gasteiger partial charge is 0.273 e. The summed E-state index contributed by atoms with van der Waals surface area (Å²) in [6.07, 6.45) is 3.67. The molecule has 4 nitrogen and oxygen atoms in total. The first-order chi connectivity index (χ1) is 10.2. The number of rotatable bonds is 2. The van der Waals surface area contributed by atoms with E-state index in [0.717, 1.165) is 36.7 Å². The van der Waals surface area contributed by atoms with E-state index in [1.807, 2.05) is 35.2 Å². The molecule has 1 fully saturated rings. The maximum absolute atomic E-state index is 12.7. The summed E-state index contributed by atoms with van der Waals surface area (Å²) in [4.78, 5) is 19.0. The van der Waals surface area contributed by atoms with Gasteiger partial charge in [0.15, 0.2) is 0 Å². The predicted molar refractivity (Wildman–Crippen MR) is 84.0 cm³/mol. The van der Waals surface area contributed by atoms with Crippen LogP contribution in [0.2, 0.25) is 0 Å². The molecule has 1 saturated heterocycles. The van der Waals surface area contributed by atoms with Gasteiger partial charge >= 0.3 is 0 Å². The number of hydrogen-bond donors (Lipinski definition) is 1. The Balaban J connectivity index is 1.82. The Morgan fingerprint density at radius 3 is 2.71 bits per heavy atom. The summed E-state index contributed by atoms with van der Waals surface area (Å²) in [7, 11) is 0. The van der Waals surface area contributed by atoms with Gasteiger partial charge in [0.25, 0.3) is 5.91 Å². The number of nitrogens with two attached hydrogens (primary N) is 1. The normalized spacial score (nSPS) is 17.9. The minimum atomic E-state index is 0.0370. The van der Waals surface area contributed by atoms with E-state index in [1.165, 1.54) is 0 Å². The number of likely N-dealkylation sites (tertiary alicyclic amines) is 1. The average molecular weight is 283 g/mol. The molecule has 1 amide bonds. The lowest BCUT2D eigenvalue weighted by molar-refractivity contribution is 0.0677. The topological polar surface area (TPSA) is 59.2 Å². The first kappa shape index (κ1) is 14.0. The van der Waals surface area contributed by atoms with E-state index < -0.39 is 0 Å². The summed E-state index contributed by atoms with van der Waals surface area (Å²) in [6.45, 7) is 3.60. The Hall–Kier alpha value is -1.94. The lowest BCUT2D eigenvalue weighted by Gasteiger charge is -2.33. The zero-order valence-electron chi connectivity index (χ0n) is 12.3. The summed E-state index contributed by atoms with van der Waals surface area (Å²) < 4.78 is 0. The number of piperidine rings is 1. The van der Waals surface area contributed by atoms with Gasteiger partial charge in [-0.05, 0) is 37.1 Å². The molecule has 1 aromatic heterocycles. The molecule has 1 aliphatic rings. The Labute approximate surface area is 125 Å². The van der Waals surface area contributed by atoms with Crippen molar-refractivity contribution in [1.82, 2.24) is 9.88 Å². The van der Waals surface area contributed by atoms with Gasteiger partial charge in [0.2, 0.25) is 0 Å². The quantitative estimate of drug-likeness (QED) is 0.921. The number of nitrogens with zero attached hydrogens (tertiary/aromatic N) is 2. The standard InChI is InChI=1S/C17H21N3O/c1-12(18)13-7-10-20(11-8-13)17(21)16-15-5-3-2-4-14(15)6-9-19-16/h2-6,9,12-13H,7-8,10-11,18H2,1H3. The molecule has 0 radical (unpaired) electrons. The van der Waals surface area contributed by atoms with Crippen molar-refractivity contribution in [3.63, 3.8) is 0 Å². The highest BCUT2D eigenvalue weighted by Gasteiger charge is 2.26. The van der Waals surface area contributed by atoms with E-state index in [4.69, 9.17) is 5.73 Å². The van der Waals surface area contributed by atoms with Gasteiger partial charge in [0.05, 0.1) is 0 Å². The molecule has 0 bridgehead atoms. The number of pyridine rings is 1. The Bertz CT molecular complexity index is 640. The minimum absolute atomic E-state index is 0.0370. The molecule has 2 aromatic rings. The second kappa shape index (κ2) is 5.82. The summed E-state index contributed by atoms with van der Waals surface area (Å²) in [5.74, 6) is 0.560. The third-order valence-electron chi connectivity index (χ3n) is 4.45. The predicted octanol–water partition coefficient (Wildman–Crippen LogP) is 2.43. The monoisotopic (exact) mass is 283 g/mol. The highest BCUT2D eigenvalue weighted by atomic mass is 16.2. The molecular formula is C17H21N3O. The van der Waals surface area contributed by atoms with E-state index in [2.05, 4.69) is 11.9 Å². The number of hydrogen-bond acceptors (Lipinski definition) is 3. The second-order valence-corrected chi connectivity index (χ2v) is 5.87. The van der Waals surface area contributed by atoms with E-state index in [0.29, 0.717) is 11.6 Å². The van der Waals surface area contributed by atoms with Crippen LogP contribution in [-0.2, 0) is 0 Å². The molecule has 0 aliphatic carbocycles. The summed E-state index contributed by atoms with van der Waals surface area (Å²) in [6, 6.07) is 10.0. The molecule has 1 aromatic carbocycles. The van der Waals surface area contributed by atoms with Gasteiger partial charge < -0.3 is 10.6 Å². The molecular weight excluding hydrogens is 262 g/mol. The zero-order chi connectivity index (χ0) is 14.8. The van der Waals surface area contributed by atoms with Gasteiger partial charge in [-0.2, -0.15) is 0 Å². The number of aromatic nitrogens is 1. The van der Waals surface area contributed by atoms with Crippen molar-refractivity contribution in [3.05, 3.63) is 42.2 Å². The number of amides is 1. The molecule has 0 saturated carbocycles. The van der Waals surface area contributed by atoms with Crippen LogP contribution >= 0.6 is 0 Å². The van der Waals surface area contributed by atoms with Crippen molar-refractivity contribution in [2.24, 2.45) is 11.7 Å². The van der Waals surface area contributed by atoms with E-state index in [-0.39, 0.29) is 11.9 Å². The third-order valence-corrected chi connectivity index (χ3v) is 4.45. The van der Waals surface area contributed by atoms with Crippen LogP contribution in [0.15, 0.2) is 36.5 Å². The number of benzene rings is 1. The summed E-state index contributed by atoms with van der Waals surface area (Å²) >= 11 is 0. The molecule has 2 N–H and O–H groups in total. The first-order valence-electron chi connectivity index (χ1n) is 7.55. The number of carbonyl (C=O) groups is 1. The van der Waals surface area contributed by atoms with E-state index in [1.54, 1.807) is 6.20 Å². The van der Waals surface area contributed by atoms with Crippen molar-refractivity contribution in [3.8, 4) is 0 Å². The van der Waals surface area contributed by atoms with Gasteiger partial charge in [0.1, 0.15) is 5.69 Å². The zero-order valence-corrected chi connectivity index (χ0v) is 12.3. The van der Waals surface area contributed by atoms with Crippen LogP contribution in [0.4, 0.5) is 0 Å². The Morgan fingerprint density at radius 2 is 2.00 bits per heavy atom. The van der Waals surface area contributed by atoms with Gasteiger partial charge in [-0.15, -0.1) is 0 Å². The van der Waals surface area contributed by atoms with Crippen LogP contribution in [0.1, 0.15) is 30.3 Å². The van der Waals surface area contributed by atoms with Crippen molar-refractivity contribution >= 4 is 16.7 Å². The number of fused-ring (bicyclic) bond motifs is 1. The average Bonchev–Trinajstić information content (AvgIpc) is 2.53. The van der Waals surface area contributed by atoms with E-state index >= 15 is 0 Å². The van der Waals surface area contributed by atoms with Crippen molar-refractivity contribution in [2.45, 2.75) is 25.8 Å². The maximum atomic E-state index is 12.7. The highest BCUT2D eigenvalue weighted by molar-refractivity contribution is 6.05. The lowest BCUT2D eigenvalue weighted by Crippen LogP contribution is -2.42. The fraction of sp³-hybridized carbons (Fsp3) is 0.412. The molecule has 110 valence electrons. The number of carbonyl (C=O) groups excluding carboxylic acids is 1. The molecule has 3 rings (SSSR count). The van der Waals surface area contributed by atoms with Gasteiger partial charge in [-0.25, -0.2) is 0 Å². The molecule has 1 aliphatic heterocycles. The Kier molecular flexibility index (Phi) is 3.88. The van der Waals surface area contributed by atoms with E-state index in [9.17, 15) is 4.79 Å². The van der Waals surface area contributed by atoms with Crippen LogP contribution in [0.25, 0.3) is 10.8 Å². The van der Waals surface area contributed by atoms with Crippen molar-refractivity contribution in [1.29, 1.82) is 0 Å². The highest BCUT2D eigenvalue weighted by Crippen LogP contribution is 2.23. The molecule has 1 unspecified atom stereocenters. The fourth-order valence-electron chi connectivity index (χ4n) is 3.07. The summed E-state index contributed by atoms with van der Waals surface area (Å²) in [5, 5.41) is 1.99. The van der Waals surface area contributed by atoms with Crippen LogP contribution in [-0.4, -0.2) is 34.9 Å². The van der Waals surface area contributed by atoms with Crippen LogP contribution in [0, 0.1) is 5.92 Å². The Morgan fingerprint density at radius 1 is 1.29 bits per heavy atom. The maximum Gasteiger partial charge on any atom is 0.273 e. The summed E-state index contributed by atoms with van der Waals surface area (Å²) in [5.41, 5.74) is 6.52. The molecule has 4 heteroatoms. The van der Waals surface area contributed by atoms with Gasteiger partial charge in [-0.3, -0.25) is 9.78 Å². The van der Waals surface area contributed by atoms with Crippen molar-refractivity contribution in [2.75, 3.05) is 13.1 Å². The fourth-order valence-corrected chi connectivity index (χ4v) is 3.07. The third kappa shape index (κ3) is 2.76. The van der Waals surface area contributed by atoms with Crippen molar-refractivity contribution < 1.29 is 4.79 Å². The molecule has 1 atom stereocenters. The molecule has 21 heavy (non-hydrogen) atoms. The van der Waals surface area contributed by atoms with Gasteiger partial charge in [0, 0.05) is 30.7 Å². The van der Waals surface area contributed by atoms with Crippen LogP contribution in [0.5, 0.6) is 0 Å². The van der Waals surface area contributed by atoms with Crippen LogP contribution in [0.3, 0.4) is 0 Å².